The summed E-state index contributed by atoms with van der Waals surface area (Å²) in [7, 11) is 0. The van der Waals surface area contributed by atoms with E-state index in [0.29, 0.717) is 0 Å². The van der Waals surface area contributed by atoms with Crippen molar-refractivity contribution >= 4 is 5.97 Å². The van der Waals surface area contributed by atoms with Crippen LogP contribution in [0.3, 0.4) is 0 Å². The van der Waals surface area contributed by atoms with Gasteiger partial charge in [-0.3, -0.25) is 4.68 Å². The highest BCUT2D eigenvalue weighted by atomic mass is 19.1. The fraction of sp³-hybridized carbons (Fsp3) is 0.333. The van der Waals surface area contributed by atoms with E-state index >= 15 is 0 Å². The van der Waals surface area contributed by atoms with Crippen LogP contribution in [-0.2, 0) is 4.79 Å². The summed E-state index contributed by atoms with van der Waals surface area (Å²) in [6, 6.07) is -0.820. The number of nitrogens with zero attached hydrogens (tertiary/aromatic N) is 2. The highest BCUT2D eigenvalue weighted by Gasteiger charge is 2.13. The highest BCUT2D eigenvalue weighted by molar-refractivity contribution is 5.71. The number of carboxylic acids is 1. The minimum atomic E-state index is -1.03. The minimum absolute atomic E-state index is 0.530. The van der Waals surface area contributed by atoms with Crippen molar-refractivity contribution in [2.75, 3.05) is 0 Å². The third-order valence-corrected chi connectivity index (χ3v) is 1.32. The van der Waals surface area contributed by atoms with E-state index in [4.69, 9.17) is 5.11 Å². The van der Waals surface area contributed by atoms with Crippen LogP contribution >= 0.6 is 0 Å². The zero-order chi connectivity index (χ0) is 8.43. The largest absolute Gasteiger partial charge is 0.480 e. The van der Waals surface area contributed by atoms with Crippen LogP contribution in [0.4, 0.5) is 4.39 Å². The van der Waals surface area contributed by atoms with Gasteiger partial charge in [-0.15, -0.1) is 0 Å². The molecule has 1 rings (SSSR count). The van der Waals surface area contributed by atoms with Gasteiger partial charge in [0.25, 0.3) is 0 Å². The predicted octanol–water partition coefficient (Wildman–Crippen LogP) is 0.668. The van der Waals surface area contributed by atoms with E-state index in [9.17, 15) is 9.18 Å². The first-order chi connectivity index (χ1) is 5.11. The molecule has 0 spiro atoms. The predicted molar refractivity (Wildman–Crippen MR) is 34.5 cm³/mol. The summed E-state index contributed by atoms with van der Waals surface area (Å²) in [6.07, 6.45) is 2.01. The van der Waals surface area contributed by atoms with Gasteiger partial charge < -0.3 is 5.11 Å². The smallest absolute Gasteiger partial charge is 0.328 e. The number of rotatable bonds is 2. The Kier molecular flexibility index (Phi) is 1.89. The first-order valence-electron chi connectivity index (χ1n) is 3.03. The van der Waals surface area contributed by atoms with Crippen molar-refractivity contribution in [2.24, 2.45) is 0 Å². The van der Waals surface area contributed by atoms with Crippen LogP contribution in [0.1, 0.15) is 13.0 Å². The Hall–Kier alpha value is -1.39. The molecule has 1 atom stereocenters. The topological polar surface area (TPSA) is 55.1 Å². The molecule has 1 heterocycles. The molecule has 1 N–H and O–H groups in total. The van der Waals surface area contributed by atoms with Gasteiger partial charge in [-0.25, -0.2) is 9.18 Å². The van der Waals surface area contributed by atoms with E-state index in [1.807, 2.05) is 0 Å². The molecule has 60 valence electrons. The molecule has 0 aliphatic carbocycles. The maximum absolute atomic E-state index is 12.3. The van der Waals surface area contributed by atoms with Crippen molar-refractivity contribution in [3.8, 4) is 0 Å². The Morgan fingerprint density at radius 1 is 1.91 bits per heavy atom. The highest BCUT2D eigenvalue weighted by Crippen LogP contribution is 2.04. The molecular weight excluding hydrogens is 151 g/mol. The van der Waals surface area contributed by atoms with Crippen LogP contribution < -0.4 is 0 Å². The fourth-order valence-electron chi connectivity index (χ4n) is 0.640. The molecule has 1 unspecified atom stereocenters. The maximum Gasteiger partial charge on any atom is 0.328 e. The van der Waals surface area contributed by atoms with E-state index in [2.05, 4.69) is 5.10 Å². The molecular formula is C6H7FN2O2. The number of carboxylic acid groups (broad SMARTS) is 1. The Balaban J connectivity index is 2.84. The van der Waals surface area contributed by atoms with Crippen molar-refractivity contribution < 1.29 is 14.3 Å². The summed E-state index contributed by atoms with van der Waals surface area (Å²) >= 11 is 0. The van der Waals surface area contributed by atoms with Gasteiger partial charge in [-0.05, 0) is 6.92 Å². The van der Waals surface area contributed by atoms with Crippen LogP contribution in [0.25, 0.3) is 0 Å². The van der Waals surface area contributed by atoms with Crippen molar-refractivity contribution in [2.45, 2.75) is 13.0 Å². The number of aliphatic carboxylic acids is 1. The molecule has 0 saturated carbocycles. The summed E-state index contributed by atoms with van der Waals surface area (Å²) in [4.78, 5) is 10.3. The normalized spacial score (nSPS) is 12.9. The summed E-state index contributed by atoms with van der Waals surface area (Å²) in [5.74, 6) is -1.56. The van der Waals surface area contributed by atoms with Gasteiger partial charge >= 0.3 is 5.97 Å². The summed E-state index contributed by atoms with van der Waals surface area (Å²) in [5.41, 5.74) is 0. The van der Waals surface area contributed by atoms with Gasteiger partial charge in [0.2, 0.25) is 0 Å². The number of halogens is 1. The van der Waals surface area contributed by atoms with Gasteiger partial charge in [0.1, 0.15) is 6.04 Å². The first-order valence-corrected chi connectivity index (χ1v) is 3.03. The number of aromatic nitrogens is 2. The zero-order valence-electron chi connectivity index (χ0n) is 5.86. The van der Waals surface area contributed by atoms with E-state index in [1.165, 1.54) is 6.92 Å². The molecule has 1 aromatic heterocycles. The van der Waals surface area contributed by atoms with Crippen molar-refractivity contribution in [1.29, 1.82) is 0 Å². The third kappa shape index (κ3) is 1.54. The van der Waals surface area contributed by atoms with Crippen molar-refractivity contribution in [3.63, 3.8) is 0 Å². The van der Waals surface area contributed by atoms with Crippen molar-refractivity contribution in [3.05, 3.63) is 18.2 Å². The van der Waals surface area contributed by atoms with E-state index in [0.717, 1.165) is 17.1 Å². The lowest BCUT2D eigenvalue weighted by Gasteiger charge is -2.04. The van der Waals surface area contributed by atoms with Crippen molar-refractivity contribution in [1.82, 2.24) is 9.78 Å². The molecule has 0 saturated heterocycles. The van der Waals surface area contributed by atoms with Crippen LogP contribution in [-0.4, -0.2) is 20.9 Å². The third-order valence-electron chi connectivity index (χ3n) is 1.32. The molecule has 0 radical (unpaired) electrons. The summed E-state index contributed by atoms with van der Waals surface area (Å²) in [5, 5.41) is 12.0. The molecule has 4 nitrogen and oxygen atoms in total. The monoisotopic (exact) mass is 158 g/mol. The molecule has 1 aromatic rings. The first kappa shape index (κ1) is 7.71. The van der Waals surface area contributed by atoms with Gasteiger partial charge in [-0.2, -0.15) is 5.10 Å². The Morgan fingerprint density at radius 3 is 2.91 bits per heavy atom. The van der Waals surface area contributed by atoms with Gasteiger partial charge in [0.05, 0.1) is 12.4 Å². The van der Waals surface area contributed by atoms with Crippen LogP contribution in [0, 0.1) is 5.82 Å². The lowest BCUT2D eigenvalue weighted by Crippen LogP contribution is -2.15. The molecule has 0 amide bonds. The molecule has 0 fully saturated rings. The SMILES string of the molecule is CC(C(=O)O)n1cc(F)cn1. The second-order valence-corrected chi connectivity index (χ2v) is 2.15. The van der Waals surface area contributed by atoms with Gasteiger partial charge in [0.15, 0.2) is 5.82 Å². The second kappa shape index (κ2) is 2.69. The Morgan fingerprint density at radius 2 is 2.55 bits per heavy atom. The van der Waals surface area contributed by atoms with Crippen LogP contribution in [0.5, 0.6) is 0 Å². The maximum atomic E-state index is 12.3. The van der Waals surface area contributed by atoms with Gasteiger partial charge in [-0.1, -0.05) is 0 Å². The van der Waals surface area contributed by atoms with Crippen LogP contribution in [0.2, 0.25) is 0 Å². The molecule has 0 bridgehead atoms. The molecule has 0 aliphatic rings. The lowest BCUT2D eigenvalue weighted by molar-refractivity contribution is -0.140. The number of hydrogen-bond donors (Lipinski definition) is 1. The van der Waals surface area contributed by atoms with E-state index in [1.54, 1.807) is 0 Å². The Bertz CT molecular complexity index is 271. The molecule has 11 heavy (non-hydrogen) atoms. The quantitative estimate of drug-likeness (QED) is 0.688. The average Bonchev–Trinajstić information content (AvgIpc) is 2.34. The van der Waals surface area contributed by atoms with Crippen LogP contribution in [0.15, 0.2) is 12.4 Å². The lowest BCUT2D eigenvalue weighted by atomic mass is 10.4. The Labute approximate surface area is 62.3 Å². The standard InChI is InChI=1S/C6H7FN2O2/c1-4(6(10)11)9-3-5(7)2-8-9/h2-4H,1H3,(H,10,11). The summed E-state index contributed by atoms with van der Waals surface area (Å²) < 4.78 is 13.3. The second-order valence-electron chi connectivity index (χ2n) is 2.15. The number of hydrogen-bond acceptors (Lipinski definition) is 2. The van der Waals surface area contributed by atoms with E-state index in [-0.39, 0.29) is 0 Å². The summed E-state index contributed by atoms with van der Waals surface area (Å²) in [6.45, 7) is 1.43. The van der Waals surface area contributed by atoms with E-state index < -0.39 is 17.8 Å². The molecule has 5 heteroatoms. The molecule has 0 aliphatic heterocycles. The minimum Gasteiger partial charge on any atom is -0.480 e. The average molecular weight is 158 g/mol. The number of carbonyl (C=O) groups is 1. The zero-order valence-corrected chi connectivity index (χ0v) is 5.86. The molecule has 0 aromatic carbocycles. The van der Waals surface area contributed by atoms with Gasteiger partial charge in [0, 0.05) is 0 Å². The fourth-order valence-corrected chi connectivity index (χ4v) is 0.640.